The van der Waals surface area contributed by atoms with Crippen molar-refractivity contribution in [3.63, 3.8) is 0 Å². The average Bonchev–Trinajstić information content (AvgIpc) is 2.95. The number of nitrogens with zero attached hydrogens (tertiary/aromatic N) is 2. The SMILES string of the molecule is O=C(CCCN1CCN2CCCC2C1)c1ccccc1. The molecule has 0 radical (unpaired) electrons. The Morgan fingerprint density at radius 2 is 2.00 bits per heavy atom. The highest BCUT2D eigenvalue weighted by Crippen LogP contribution is 2.21. The van der Waals surface area contributed by atoms with E-state index in [-0.39, 0.29) is 5.78 Å². The van der Waals surface area contributed by atoms with Crippen LogP contribution in [0.15, 0.2) is 30.3 Å². The van der Waals surface area contributed by atoms with Crippen LogP contribution < -0.4 is 0 Å². The molecular weight excluding hydrogens is 248 g/mol. The van der Waals surface area contributed by atoms with Crippen molar-refractivity contribution in [3.05, 3.63) is 35.9 Å². The molecule has 1 atom stereocenters. The zero-order valence-corrected chi connectivity index (χ0v) is 12.1. The Bertz CT molecular complexity index is 446. The summed E-state index contributed by atoms with van der Waals surface area (Å²) in [6.45, 7) is 5.97. The first-order chi connectivity index (χ1) is 9.83. The second-order valence-electron chi connectivity index (χ2n) is 6.03. The van der Waals surface area contributed by atoms with Gasteiger partial charge in [0.1, 0.15) is 0 Å². The van der Waals surface area contributed by atoms with Crippen molar-refractivity contribution in [1.82, 2.24) is 9.80 Å². The summed E-state index contributed by atoms with van der Waals surface area (Å²) in [6.07, 6.45) is 4.39. The smallest absolute Gasteiger partial charge is 0.162 e. The highest BCUT2D eigenvalue weighted by atomic mass is 16.1. The Morgan fingerprint density at radius 3 is 2.85 bits per heavy atom. The van der Waals surface area contributed by atoms with Crippen molar-refractivity contribution in [2.24, 2.45) is 0 Å². The van der Waals surface area contributed by atoms with E-state index in [2.05, 4.69) is 9.80 Å². The lowest BCUT2D eigenvalue weighted by Crippen LogP contribution is -2.50. The van der Waals surface area contributed by atoms with E-state index < -0.39 is 0 Å². The van der Waals surface area contributed by atoms with Gasteiger partial charge in [-0.2, -0.15) is 0 Å². The van der Waals surface area contributed by atoms with Crippen LogP contribution in [-0.4, -0.2) is 54.3 Å². The number of rotatable bonds is 5. The van der Waals surface area contributed by atoms with Crippen molar-refractivity contribution in [2.75, 3.05) is 32.7 Å². The quantitative estimate of drug-likeness (QED) is 0.769. The zero-order valence-electron chi connectivity index (χ0n) is 12.1. The fraction of sp³-hybridized carbons (Fsp3) is 0.588. The predicted octanol–water partition coefficient (Wildman–Crippen LogP) is 2.43. The van der Waals surface area contributed by atoms with Gasteiger partial charge in [-0.3, -0.25) is 9.69 Å². The van der Waals surface area contributed by atoms with Crippen LogP contribution in [0.2, 0.25) is 0 Å². The van der Waals surface area contributed by atoms with E-state index in [1.165, 1.54) is 39.0 Å². The summed E-state index contributed by atoms with van der Waals surface area (Å²) in [6, 6.07) is 10.4. The molecule has 0 aliphatic carbocycles. The second kappa shape index (κ2) is 6.51. The molecule has 0 aromatic heterocycles. The summed E-state index contributed by atoms with van der Waals surface area (Å²) in [4.78, 5) is 17.2. The maximum atomic E-state index is 12.0. The number of ketones is 1. The van der Waals surface area contributed by atoms with Gasteiger partial charge in [0.25, 0.3) is 0 Å². The van der Waals surface area contributed by atoms with Crippen molar-refractivity contribution in [3.8, 4) is 0 Å². The Hall–Kier alpha value is -1.19. The van der Waals surface area contributed by atoms with Gasteiger partial charge < -0.3 is 4.90 Å². The molecule has 0 bridgehead atoms. The Labute approximate surface area is 121 Å². The fourth-order valence-corrected chi connectivity index (χ4v) is 3.49. The summed E-state index contributed by atoms with van der Waals surface area (Å²) >= 11 is 0. The number of hydrogen-bond donors (Lipinski definition) is 0. The van der Waals surface area contributed by atoms with Crippen LogP contribution in [0.4, 0.5) is 0 Å². The van der Waals surface area contributed by atoms with E-state index in [4.69, 9.17) is 0 Å². The summed E-state index contributed by atoms with van der Waals surface area (Å²) in [5.74, 6) is 0.283. The number of Topliss-reactive ketones (excluding diaryl/α,β-unsaturated/α-hetero) is 1. The molecule has 2 heterocycles. The predicted molar refractivity (Wildman–Crippen MR) is 81.0 cm³/mol. The number of piperazine rings is 1. The summed E-state index contributed by atoms with van der Waals surface area (Å²) in [7, 11) is 0. The minimum atomic E-state index is 0.283. The van der Waals surface area contributed by atoms with Crippen LogP contribution in [0, 0.1) is 0 Å². The van der Waals surface area contributed by atoms with Gasteiger partial charge in [-0.1, -0.05) is 30.3 Å². The van der Waals surface area contributed by atoms with Crippen LogP contribution in [-0.2, 0) is 0 Å². The maximum Gasteiger partial charge on any atom is 0.162 e. The lowest BCUT2D eigenvalue weighted by atomic mass is 10.1. The summed E-state index contributed by atoms with van der Waals surface area (Å²) in [5.41, 5.74) is 0.855. The van der Waals surface area contributed by atoms with Crippen LogP contribution in [0.1, 0.15) is 36.0 Å². The van der Waals surface area contributed by atoms with Crippen molar-refractivity contribution in [1.29, 1.82) is 0 Å². The molecule has 20 heavy (non-hydrogen) atoms. The van der Waals surface area contributed by atoms with Crippen LogP contribution in [0.5, 0.6) is 0 Å². The van der Waals surface area contributed by atoms with Gasteiger partial charge in [0.15, 0.2) is 5.78 Å². The first-order valence-electron chi connectivity index (χ1n) is 7.87. The molecule has 1 aromatic carbocycles. The van der Waals surface area contributed by atoms with Gasteiger partial charge in [-0.15, -0.1) is 0 Å². The zero-order chi connectivity index (χ0) is 13.8. The van der Waals surface area contributed by atoms with E-state index in [0.29, 0.717) is 6.42 Å². The average molecular weight is 272 g/mol. The molecule has 2 fully saturated rings. The Balaban J connectivity index is 1.41. The number of carbonyl (C=O) groups excluding carboxylic acids is 1. The highest BCUT2D eigenvalue weighted by molar-refractivity contribution is 5.95. The molecule has 0 saturated carbocycles. The maximum absolute atomic E-state index is 12.0. The molecule has 2 saturated heterocycles. The molecule has 0 N–H and O–H groups in total. The molecular formula is C17H24N2O. The van der Waals surface area contributed by atoms with Crippen LogP contribution in [0.3, 0.4) is 0 Å². The molecule has 2 aliphatic rings. The molecule has 1 aromatic rings. The van der Waals surface area contributed by atoms with Gasteiger partial charge in [0.05, 0.1) is 0 Å². The highest BCUT2D eigenvalue weighted by Gasteiger charge is 2.30. The molecule has 3 nitrogen and oxygen atoms in total. The number of carbonyl (C=O) groups is 1. The molecule has 1 unspecified atom stereocenters. The first-order valence-corrected chi connectivity index (χ1v) is 7.87. The molecule has 108 valence electrons. The van der Waals surface area contributed by atoms with E-state index in [9.17, 15) is 4.79 Å². The van der Waals surface area contributed by atoms with Gasteiger partial charge in [-0.25, -0.2) is 0 Å². The van der Waals surface area contributed by atoms with Gasteiger partial charge in [0, 0.05) is 37.7 Å². The summed E-state index contributed by atoms with van der Waals surface area (Å²) < 4.78 is 0. The fourth-order valence-electron chi connectivity index (χ4n) is 3.49. The standard InChI is InChI=1S/C17H24N2O/c20-17(15-6-2-1-3-7-15)9-5-10-18-12-13-19-11-4-8-16(19)14-18/h1-3,6-7,16H,4-5,8-14H2. The third-order valence-electron chi connectivity index (χ3n) is 4.65. The minimum Gasteiger partial charge on any atom is -0.300 e. The normalized spacial score (nSPS) is 23.7. The Kier molecular flexibility index (Phi) is 4.48. The van der Waals surface area contributed by atoms with Gasteiger partial charge in [-0.05, 0) is 32.4 Å². The third-order valence-corrected chi connectivity index (χ3v) is 4.65. The molecule has 0 amide bonds. The minimum absolute atomic E-state index is 0.283. The second-order valence-corrected chi connectivity index (χ2v) is 6.03. The van der Waals surface area contributed by atoms with Gasteiger partial charge >= 0.3 is 0 Å². The molecule has 3 rings (SSSR count). The molecule has 2 aliphatic heterocycles. The lowest BCUT2D eigenvalue weighted by molar-refractivity contribution is 0.0927. The van der Waals surface area contributed by atoms with E-state index in [1.54, 1.807) is 0 Å². The number of benzene rings is 1. The van der Waals surface area contributed by atoms with E-state index in [0.717, 1.165) is 24.6 Å². The van der Waals surface area contributed by atoms with Crippen LogP contribution in [0.25, 0.3) is 0 Å². The van der Waals surface area contributed by atoms with Crippen molar-refractivity contribution in [2.45, 2.75) is 31.7 Å². The molecule has 3 heteroatoms. The topological polar surface area (TPSA) is 23.6 Å². The van der Waals surface area contributed by atoms with Gasteiger partial charge in [0.2, 0.25) is 0 Å². The lowest BCUT2D eigenvalue weighted by Gasteiger charge is -2.37. The Morgan fingerprint density at radius 1 is 1.15 bits per heavy atom. The largest absolute Gasteiger partial charge is 0.300 e. The van der Waals surface area contributed by atoms with Crippen LogP contribution >= 0.6 is 0 Å². The third kappa shape index (κ3) is 3.28. The van der Waals surface area contributed by atoms with Crippen molar-refractivity contribution >= 4 is 5.78 Å². The number of fused-ring (bicyclic) bond motifs is 1. The van der Waals surface area contributed by atoms with Crippen molar-refractivity contribution < 1.29 is 4.79 Å². The molecule has 0 spiro atoms. The monoisotopic (exact) mass is 272 g/mol. The first kappa shape index (κ1) is 13.8. The summed E-state index contributed by atoms with van der Waals surface area (Å²) in [5, 5.41) is 0. The number of hydrogen-bond acceptors (Lipinski definition) is 3. The van der Waals surface area contributed by atoms with E-state index in [1.807, 2.05) is 30.3 Å². The van der Waals surface area contributed by atoms with E-state index >= 15 is 0 Å².